The SMILES string of the molecule is Cc1cc(C)cc(C(=O)N2CCCC(Cc3nc(-c4ccccc4C)no3)C2)c1. The molecule has 1 aromatic heterocycles. The Morgan fingerprint density at radius 1 is 1.14 bits per heavy atom. The molecule has 0 spiro atoms. The normalized spacial score (nSPS) is 16.8. The van der Waals surface area contributed by atoms with E-state index >= 15 is 0 Å². The highest BCUT2D eigenvalue weighted by Gasteiger charge is 2.26. The topological polar surface area (TPSA) is 59.2 Å². The molecule has 1 atom stereocenters. The van der Waals surface area contributed by atoms with Gasteiger partial charge in [-0.3, -0.25) is 4.79 Å². The van der Waals surface area contributed by atoms with E-state index in [0.717, 1.165) is 53.7 Å². The molecule has 1 amide bonds. The van der Waals surface area contributed by atoms with Crippen molar-refractivity contribution in [1.82, 2.24) is 15.0 Å². The fourth-order valence-corrected chi connectivity index (χ4v) is 4.21. The molecular weight excluding hydrogens is 362 g/mol. The number of likely N-dealkylation sites (tertiary alicyclic amines) is 1. The summed E-state index contributed by atoms with van der Waals surface area (Å²) in [5.74, 6) is 1.74. The molecule has 3 aromatic rings. The van der Waals surface area contributed by atoms with Gasteiger partial charge in [-0.25, -0.2) is 0 Å². The van der Waals surface area contributed by atoms with Crippen LogP contribution in [0, 0.1) is 26.7 Å². The van der Waals surface area contributed by atoms with E-state index in [2.05, 4.69) is 16.2 Å². The molecular formula is C24H27N3O2. The Kier molecular flexibility index (Phi) is 5.47. The van der Waals surface area contributed by atoms with Crippen molar-refractivity contribution in [2.45, 2.75) is 40.0 Å². The Balaban J connectivity index is 1.44. The van der Waals surface area contributed by atoms with Gasteiger partial charge in [0.15, 0.2) is 0 Å². The second-order valence-corrected chi connectivity index (χ2v) is 8.17. The Bertz CT molecular complexity index is 1000. The first kappa shape index (κ1) is 19.4. The number of piperidine rings is 1. The molecule has 4 rings (SSSR count). The number of carbonyl (C=O) groups excluding carboxylic acids is 1. The van der Waals surface area contributed by atoms with Crippen LogP contribution in [0.3, 0.4) is 0 Å². The van der Waals surface area contributed by atoms with Crippen LogP contribution in [0.2, 0.25) is 0 Å². The monoisotopic (exact) mass is 389 g/mol. The Morgan fingerprint density at radius 2 is 1.90 bits per heavy atom. The van der Waals surface area contributed by atoms with Crippen LogP contribution in [0.5, 0.6) is 0 Å². The molecule has 2 heterocycles. The number of aryl methyl sites for hydroxylation is 3. The standard InChI is InChI=1S/C24H27N3O2/c1-16-11-17(2)13-20(12-16)24(28)27-10-6-8-19(15-27)14-22-25-23(26-29-22)21-9-5-4-7-18(21)3/h4-5,7,9,11-13,19H,6,8,10,14-15H2,1-3H3. The van der Waals surface area contributed by atoms with Crippen LogP contribution in [0.4, 0.5) is 0 Å². The van der Waals surface area contributed by atoms with E-state index in [0.29, 0.717) is 24.1 Å². The van der Waals surface area contributed by atoms with Gasteiger partial charge in [0.2, 0.25) is 11.7 Å². The van der Waals surface area contributed by atoms with Crippen LogP contribution in [-0.4, -0.2) is 34.0 Å². The Labute approximate surface area is 171 Å². The van der Waals surface area contributed by atoms with Gasteiger partial charge in [0, 0.05) is 30.6 Å². The van der Waals surface area contributed by atoms with Gasteiger partial charge in [-0.05, 0) is 57.2 Å². The molecule has 150 valence electrons. The average molecular weight is 389 g/mol. The van der Waals surface area contributed by atoms with E-state index in [-0.39, 0.29) is 5.91 Å². The van der Waals surface area contributed by atoms with Gasteiger partial charge in [0.05, 0.1) is 0 Å². The third kappa shape index (κ3) is 4.39. The fraction of sp³-hybridized carbons (Fsp3) is 0.375. The summed E-state index contributed by atoms with van der Waals surface area (Å²) >= 11 is 0. The number of benzene rings is 2. The third-order valence-corrected chi connectivity index (χ3v) is 5.59. The van der Waals surface area contributed by atoms with E-state index < -0.39 is 0 Å². The van der Waals surface area contributed by atoms with Crippen molar-refractivity contribution in [3.05, 3.63) is 70.6 Å². The number of rotatable bonds is 4. The number of hydrogen-bond donors (Lipinski definition) is 0. The van der Waals surface area contributed by atoms with Crippen molar-refractivity contribution < 1.29 is 9.32 Å². The molecule has 1 aliphatic rings. The predicted molar refractivity (Wildman–Crippen MR) is 113 cm³/mol. The quantitative estimate of drug-likeness (QED) is 0.646. The molecule has 1 unspecified atom stereocenters. The summed E-state index contributed by atoms with van der Waals surface area (Å²) in [6, 6.07) is 14.1. The molecule has 1 fully saturated rings. The van der Waals surface area contributed by atoms with E-state index in [1.807, 2.05) is 62.1 Å². The summed E-state index contributed by atoms with van der Waals surface area (Å²) < 4.78 is 5.52. The molecule has 2 aromatic carbocycles. The summed E-state index contributed by atoms with van der Waals surface area (Å²) in [5, 5.41) is 4.17. The van der Waals surface area contributed by atoms with Crippen molar-refractivity contribution >= 4 is 5.91 Å². The fourth-order valence-electron chi connectivity index (χ4n) is 4.21. The highest BCUT2D eigenvalue weighted by Crippen LogP contribution is 2.25. The van der Waals surface area contributed by atoms with Crippen molar-refractivity contribution in [3.8, 4) is 11.4 Å². The van der Waals surface area contributed by atoms with E-state index in [1.165, 1.54) is 0 Å². The summed E-state index contributed by atoms with van der Waals surface area (Å²) in [5.41, 5.74) is 5.15. The van der Waals surface area contributed by atoms with Gasteiger partial charge in [0.1, 0.15) is 0 Å². The number of amides is 1. The summed E-state index contributed by atoms with van der Waals surface area (Å²) in [7, 11) is 0. The first-order valence-corrected chi connectivity index (χ1v) is 10.3. The molecule has 1 saturated heterocycles. The minimum absolute atomic E-state index is 0.118. The maximum absolute atomic E-state index is 13.0. The highest BCUT2D eigenvalue weighted by molar-refractivity contribution is 5.94. The van der Waals surface area contributed by atoms with Crippen LogP contribution in [0.1, 0.15) is 45.8 Å². The molecule has 0 N–H and O–H groups in total. The first-order valence-electron chi connectivity index (χ1n) is 10.3. The number of nitrogens with zero attached hydrogens (tertiary/aromatic N) is 3. The number of carbonyl (C=O) groups is 1. The van der Waals surface area contributed by atoms with E-state index in [9.17, 15) is 4.79 Å². The molecule has 5 heteroatoms. The van der Waals surface area contributed by atoms with Crippen molar-refractivity contribution in [1.29, 1.82) is 0 Å². The Hall–Kier alpha value is -2.95. The van der Waals surface area contributed by atoms with Crippen LogP contribution in [-0.2, 0) is 6.42 Å². The zero-order valence-corrected chi connectivity index (χ0v) is 17.3. The van der Waals surface area contributed by atoms with Gasteiger partial charge in [-0.1, -0.05) is 46.6 Å². The maximum atomic E-state index is 13.0. The van der Waals surface area contributed by atoms with Gasteiger partial charge in [0.25, 0.3) is 5.91 Å². The minimum atomic E-state index is 0.118. The van der Waals surface area contributed by atoms with Gasteiger partial charge < -0.3 is 9.42 Å². The minimum Gasteiger partial charge on any atom is -0.339 e. The zero-order valence-electron chi connectivity index (χ0n) is 17.3. The van der Waals surface area contributed by atoms with E-state index in [1.54, 1.807) is 0 Å². The third-order valence-electron chi connectivity index (χ3n) is 5.59. The summed E-state index contributed by atoms with van der Waals surface area (Å²) in [6.45, 7) is 7.65. The lowest BCUT2D eigenvalue weighted by Gasteiger charge is -2.32. The lowest BCUT2D eigenvalue weighted by Crippen LogP contribution is -2.40. The van der Waals surface area contributed by atoms with Crippen LogP contribution in [0.25, 0.3) is 11.4 Å². The largest absolute Gasteiger partial charge is 0.339 e. The van der Waals surface area contributed by atoms with Gasteiger partial charge in [-0.15, -0.1) is 0 Å². The van der Waals surface area contributed by atoms with Gasteiger partial charge in [-0.2, -0.15) is 4.98 Å². The predicted octanol–water partition coefficient (Wildman–Crippen LogP) is 4.76. The molecule has 1 aliphatic heterocycles. The molecule has 0 saturated carbocycles. The molecule has 0 aliphatic carbocycles. The molecule has 0 radical (unpaired) electrons. The number of aromatic nitrogens is 2. The first-order chi connectivity index (χ1) is 14.0. The van der Waals surface area contributed by atoms with Crippen molar-refractivity contribution in [2.75, 3.05) is 13.1 Å². The lowest BCUT2D eigenvalue weighted by atomic mass is 9.94. The molecule has 5 nitrogen and oxygen atoms in total. The summed E-state index contributed by atoms with van der Waals surface area (Å²) in [6.07, 6.45) is 2.77. The molecule has 29 heavy (non-hydrogen) atoms. The van der Waals surface area contributed by atoms with Gasteiger partial charge >= 0.3 is 0 Å². The maximum Gasteiger partial charge on any atom is 0.253 e. The second kappa shape index (κ2) is 8.19. The number of hydrogen-bond acceptors (Lipinski definition) is 4. The zero-order chi connectivity index (χ0) is 20.4. The summed E-state index contributed by atoms with van der Waals surface area (Å²) in [4.78, 5) is 19.6. The van der Waals surface area contributed by atoms with Crippen LogP contribution < -0.4 is 0 Å². The van der Waals surface area contributed by atoms with E-state index in [4.69, 9.17) is 4.52 Å². The Morgan fingerprint density at radius 3 is 2.66 bits per heavy atom. The van der Waals surface area contributed by atoms with Crippen LogP contribution >= 0.6 is 0 Å². The van der Waals surface area contributed by atoms with Crippen LogP contribution in [0.15, 0.2) is 47.0 Å². The lowest BCUT2D eigenvalue weighted by molar-refractivity contribution is 0.0668. The average Bonchev–Trinajstić information content (AvgIpc) is 3.15. The second-order valence-electron chi connectivity index (χ2n) is 8.17. The highest BCUT2D eigenvalue weighted by atomic mass is 16.5. The molecule has 0 bridgehead atoms. The smallest absolute Gasteiger partial charge is 0.253 e. The van der Waals surface area contributed by atoms with Crippen molar-refractivity contribution in [2.24, 2.45) is 5.92 Å². The van der Waals surface area contributed by atoms with Crippen molar-refractivity contribution in [3.63, 3.8) is 0 Å².